The molecule has 0 saturated heterocycles. The van der Waals surface area contributed by atoms with Crippen molar-refractivity contribution in [2.24, 2.45) is 4.99 Å². The summed E-state index contributed by atoms with van der Waals surface area (Å²) in [5.41, 5.74) is 5.58. The van der Waals surface area contributed by atoms with E-state index in [1.165, 1.54) is 15.7 Å². The van der Waals surface area contributed by atoms with Crippen LogP contribution in [0.5, 0.6) is 0 Å². The molecule has 2 aliphatic heterocycles. The predicted octanol–water partition coefficient (Wildman–Crippen LogP) is 5.77. The number of rotatable bonds is 4. The molecular weight excluding hydrogens is 539 g/mol. The second-order valence-electron chi connectivity index (χ2n) is 7.06. The van der Waals surface area contributed by atoms with Crippen LogP contribution in [-0.2, 0) is 6.54 Å². The van der Waals surface area contributed by atoms with Crippen molar-refractivity contribution in [2.75, 3.05) is 5.32 Å². The minimum atomic E-state index is -0.965. The van der Waals surface area contributed by atoms with E-state index in [0.29, 0.717) is 23.2 Å². The van der Waals surface area contributed by atoms with Gasteiger partial charge in [-0.25, -0.2) is 14.8 Å². The number of fused-ring (bicyclic) bond motifs is 3. The smallest absolute Gasteiger partial charge is 0.335 e. The van der Waals surface area contributed by atoms with Gasteiger partial charge in [0.25, 0.3) is 0 Å². The maximum Gasteiger partial charge on any atom is 0.335 e. The van der Waals surface area contributed by atoms with Gasteiger partial charge in [-0.2, -0.15) is 0 Å². The van der Waals surface area contributed by atoms with Crippen molar-refractivity contribution in [1.29, 1.82) is 0 Å². The van der Waals surface area contributed by atoms with Crippen molar-refractivity contribution in [3.63, 3.8) is 0 Å². The largest absolute Gasteiger partial charge is 0.478 e. The Hall–Kier alpha value is -3.17. The molecule has 2 aromatic carbocycles. The van der Waals surface area contributed by atoms with E-state index in [9.17, 15) is 4.79 Å². The number of carboxylic acid groups (broad SMARTS) is 1. The lowest BCUT2D eigenvalue weighted by Gasteiger charge is -2.13. The van der Waals surface area contributed by atoms with Crippen LogP contribution in [0, 0.1) is 0 Å². The number of benzene rings is 2. The Kier molecular flexibility index (Phi) is 5.67. The highest BCUT2D eigenvalue weighted by Crippen LogP contribution is 2.36. The van der Waals surface area contributed by atoms with Crippen LogP contribution in [-0.4, -0.2) is 30.8 Å². The molecule has 0 spiro atoms. The van der Waals surface area contributed by atoms with Crippen molar-refractivity contribution in [1.82, 2.24) is 9.97 Å². The lowest BCUT2D eigenvalue weighted by Crippen LogP contribution is -2.04. The lowest BCUT2D eigenvalue weighted by atomic mass is 9.99. The van der Waals surface area contributed by atoms with Gasteiger partial charge in [-0.05, 0) is 46.5 Å². The van der Waals surface area contributed by atoms with Crippen LogP contribution in [0.25, 0.3) is 11.3 Å². The normalized spacial score (nSPS) is 14.3. The zero-order chi connectivity index (χ0) is 22.1. The van der Waals surface area contributed by atoms with Crippen molar-refractivity contribution in [3.8, 4) is 11.3 Å². The summed E-state index contributed by atoms with van der Waals surface area (Å²) in [6, 6.07) is 12.3. The third kappa shape index (κ3) is 4.13. The van der Waals surface area contributed by atoms with Crippen LogP contribution < -0.4 is 5.32 Å². The third-order valence-electron chi connectivity index (χ3n) is 4.99. The van der Waals surface area contributed by atoms with Crippen LogP contribution in [0.1, 0.15) is 21.5 Å². The molecule has 0 saturated carbocycles. The van der Waals surface area contributed by atoms with Crippen molar-refractivity contribution >= 4 is 59.7 Å². The Morgan fingerprint density at radius 3 is 2.69 bits per heavy atom. The number of aliphatic imine (C=N–C) groups is 1. The minimum Gasteiger partial charge on any atom is -0.478 e. The molecule has 0 atom stereocenters. The van der Waals surface area contributed by atoms with Crippen LogP contribution >= 0.6 is 32.3 Å². The highest BCUT2D eigenvalue weighted by molar-refractivity contribution is 14.2. The van der Waals surface area contributed by atoms with E-state index in [2.05, 4.69) is 26.5 Å². The van der Waals surface area contributed by atoms with Gasteiger partial charge in [-0.3, -0.25) is 4.99 Å². The average molecular weight is 555 g/mol. The molecule has 8 heteroatoms. The van der Waals surface area contributed by atoms with Crippen LogP contribution in [0.2, 0.25) is 5.02 Å². The van der Waals surface area contributed by atoms with Crippen molar-refractivity contribution in [3.05, 3.63) is 92.2 Å². The summed E-state index contributed by atoms with van der Waals surface area (Å²) in [6.07, 6.45) is 8.04. The highest BCUT2D eigenvalue weighted by atomic mass is 127. The zero-order valence-corrected chi connectivity index (χ0v) is 19.5. The number of aromatic nitrogens is 2. The molecule has 1 aromatic heterocycles. The molecule has 0 unspecified atom stereocenters. The maximum atomic E-state index is 11.1. The monoisotopic (exact) mass is 554 g/mol. The molecule has 6 nitrogen and oxygen atoms in total. The molecule has 0 radical (unpaired) electrons. The van der Waals surface area contributed by atoms with Crippen LogP contribution in [0.15, 0.2) is 75.5 Å². The topological polar surface area (TPSA) is 87.5 Å². The zero-order valence-electron chi connectivity index (χ0n) is 16.6. The summed E-state index contributed by atoms with van der Waals surface area (Å²) in [5.74, 6) is -0.538. The van der Waals surface area contributed by atoms with E-state index in [1.54, 1.807) is 18.3 Å². The molecule has 158 valence electrons. The summed E-state index contributed by atoms with van der Waals surface area (Å²) in [6.45, 7) is 0.481. The molecule has 0 aliphatic carbocycles. The van der Waals surface area contributed by atoms with Crippen molar-refractivity contribution in [2.45, 2.75) is 6.54 Å². The summed E-state index contributed by atoms with van der Waals surface area (Å²) in [7, 11) is 0. The van der Waals surface area contributed by atoms with E-state index in [0.717, 1.165) is 28.1 Å². The number of hydrogen-bond donors (Lipinski definition) is 2. The van der Waals surface area contributed by atoms with Gasteiger partial charge in [-0.1, -0.05) is 50.6 Å². The van der Waals surface area contributed by atoms with E-state index < -0.39 is 5.97 Å². The van der Waals surface area contributed by atoms with Gasteiger partial charge in [-0.15, -0.1) is 0 Å². The first kappa shape index (κ1) is 20.7. The first-order valence-electron chi connectivity index (χ1n) is 9.73. The Morgan fingerprint density at radius 1 is 1.09 bits per heavy atom. The van der Waals surface area contributed by atoms with E-state index in [4.69, 9.17) is 26.7 Å². The SMILES string of the molecule is O=C(O)c1ccc(Nc2ncc3c(n2)-c2ccc(Cl)cc2C(C2=CC=CC=I2)=NC3)cc1. The summed E-state index contributed by atoms with van der Waals surface area (Å²) < 4.78 is 3.46. The van der Waals surface area contributed by atoms with Crippen molar-refractivity contribution < 1.29 is 9.90 Å². The summed E-state index contributed by atoms with van der Waals surface area (Å²) in [5, 5.41) is 12.9. The fourth-order valence-electron chi connectivity index (χ4n) is 3.47. The quantitative estimate of drug-likeness (QED) is 0.400. The molecule has 32 heavy (non-hydrogen) atoms. The highest BCUT2D eigenvalue weighted by Gasteiger charge is 2.22. The predicted molar refractivity (Wildman–Crippen MR) is 137 cm³/mol. The number of allylic oxidation sites excluding steroid dienone is 4. The third-order valence-corrected chi connectivity index (χ3v) is 7.54. The Labute approximate surface area is 199 Å². The molecule has 3 aromatic rings. The second-order valence-corrected chi connectivity index (χ2v) is 10.0. The molecule has 0 fully saturated rings. The van der Waals surface area contributed by atoms with E-state index in [1.807, 2.05) is 24.3 Å². The lowest BCUT2D eigenvalue weighted by molar-refractivity contribution is 0.0697. The second kappa shape index (κ2) is 8.76. The fraction of sp³-hybridized carbons (Fsp3) is 0.0417. The number of nitrogens with one attached hydrogen (secondary N) is 1. The van der Waals surface area contributed by atoms with E-state index in [-0.39, 0.29) is 26.3 Å². The van der Waals surface area contributed by atoms with Gasteiger partial charge in [0.2, 0.25) is 5.95 Å². The molecule has 2 aliphatic rings. The van der Waals surface area contributed by atoms with Gasteiger partial charge >= 0.3 is 5.97 Å². The average Bonchev–Trinajstić information content (AvgIpc) is 2.96. The van der Waals surface area contributed by atoms with Gasteiger partial charge in [0, 0.05) is 37.2 Å². The molecule has 0 amide bonds. The van der Waals surface area contributed by atoms with Gasteiger partial charge < -0.3 is 10.4 Å². The number of anilines is 2. The number of hydrogen-bond acceptors (Lipinski definition) is 5. The fourth-order valence-corrected chi connectivity index (χ4v) is 5.64. The summed E-state index contributed by atoms with van der Waals surface area (Å²) >= 11 is 6.10. The maximum absolute atomic E-state index is 11.1. The Bertz CT molecular complexity index is 1360. The van der Waals surface area contributed by atoms with E-state index >= 15 is 0 Å². The number of carbonyl (C=O) groups is 1. The molecule has 2 N–H and O–H groups in total. The molecule has 0 bridgehead atoms. The van der Waals surface area contributed by atoms with Gasteiger partial charge in [0.05, 0.1) is 23.5 Å². The minimum absolute atomic E-state index is 0.223. The van der Waals surface area contributed by atoms with Gasteiger partial charge in [0.15, 0.2) is 0 Å². The first-order chi connectivity index (χ1) is 15.6. The molecule has 3 heterocycles. The number of carboxylic acids is 1. The van der Waals surface area contributed by atoms with Crippen LogP contribution in [0.4, 0.5) is 11.6 Å². The number of aromatic carboxylic acids is 1. The number of nitrogens with zero attached hydrogens (tertiary/aromatic N) is 3. The van der Waals surface area contributed by atoms with Crippen LogP contribution in [0.3, 0.4) is 0 Å². The molecular formula is C24H16ClIN4O2. The Morgan fingerprint density at radius 2 is 1.94 bits per heavy atom. The summed E-state index contributed by atoms with van der Waals surface area (Å²) in [4.78, 5) is 25.2. The Balaban J connectivity index is 1.55. The standard InChI is InChI=1S/C24H16ClIN4O2/c25-16-6-9-18-19(11-16)22(20-3-1-2-10-26-20)27-12-15-13-28-24(30-21(15)18)29-17-7-4-14(5-8-17)23(31)32/h1-11,13H,12H2,(H,31,32)(H,28,29,30). The van der Waals surface area contributed by atoms with Gasteiger partial charge in [0.1, 0.15) is 0 Å². The molecule has 5 rings (SSSR count). The first-order valence-corrected chi connectivity index (χ1v) is 12.4. The number of halogens is 2.